The van der Waals surface area contributed by atoms with Gasteiger partial charge in [-0.05, 0) is 44.9 Å². The average Bonchev–Trinajstić information content (AvgIpc) is 2.55. The van der Waals surface area contributed by atoms with E-state index in [0.29, 0.717) is 6.10 Å². The molecule has 3 fully saturated rings. The second-order valence-corrected chi connectivity index (χ2v) is 7.53. The first-order valence-corrected chi connectivity index (χ1v) is 9.38. The highest BCUT2D eigenvalue weighted by molar-refractivity contribution is 4.94. The molecule has 0 radical (unpaired) electrons. The van der Waals surface area contributed by atoms with Gasteiger partial charge < -0.3 is 10.1 Å². The van der Waals surface area contributed by atoms with E-state index in [-0.39, 0.29) is 0 Å². The maximum absolute atomic E-state index is 5.77. The van der Waals surface area contributed by atoms with Crippen LogP contribution in [0.4, 0.5) is 0 Å². The van der Waals surface area contributed by atoms with E-state index in [1.165, 1.54) is 64.5 Å². The van der Waals surface area contributed by atoms with E-state index in [9.17, 15) is 0 Å². The molecule has 0 spiro atoms. The predicted octanol–water partition coefficient (Wildman–Crippen LogP) is 3.19. The molecule has 3 rings (SSSR count). The molecule has 2 aliphatic heterocycles. The Morgan fingerprint density at radius 1 is 1.14 bits per heavy atom. The smallest absolute Gasteiger partial charge is 0.0561 e. The van der Waals surface area contributed by atoms with Crippen LogP contribution in [0.2, 0.25) is 0 Å². The second kappa shape index (κ2) is 7.43. The summed E-state index contributed by atoms with van der Waals surface area (Å²) in [6.07, 6.45) is 11.5. The molecule has 0 amide bonds. The summed E-state index contributed by atoms with van der Waals surface area (Å²) in [5.41, 5.74) is 0. The van der Waals surface area contributed by atoms with Gasteiger partial charge in [-0.15, -0.1) is 0 Å². The fourth-order valence-corrected chi connectivity index (χ4v) is 4.80. The van der Waals surface area contributed by atoms with E-state index < -0.39 is 0 Å². The van der Waals surface area contributed by atoms with Gasteiger partial charge in [-0.3, -0.25) is 4.90 Å². The summed E-state index contributed by atoms with van der Waals surface area (Å²) >= 11 is 0. The number of ether oxygens (including phenoxy) is 1. The van der Waals surface area contributed by atoms with Crippen LogP contribution >= 0.6 is 0 Å². The van der Waals surface area contributed by atoms with Gasteiger partial charge in [0.15, 0.2) is 0 Å². The molecular formula is C18H34N2O. The minimum Gasteiger partial charge on any atom is -0.378 e. The largest absolute Gasteiger partial charge is 0.378 e. The lowest BCUT2D eigenvalue weighted by Gasteiger charge is -2.48. The summed E-state index contributed by atoms with van der Waals surface area (Å²) in [4.78, 5) is 2.86. The Labute approximate surface area is 130 Å². The minimum absolute atomic E-state index is 0.448. The van der Waals surface area contributed by atoms with Crippen LogP contribution < -0.4 is 5.32 Å². The van der Waals surface area contributed by atoms with Gasteiger partial charge in [-0.2, -0.15) is 0 Å². The molecule has 21 heavy (non-hydrogen) atoms. The molecule has 3 nitrogen and oxygen atoms in total. The normalized spacial score (nSPS) is 40.3. The van der Waals surface area contributed by atoms with Crippen LogP contribution in [0, 0.1) is 5.92 Å². The third-order valence-corrected chi connectivity index (χ3v) is 6.11. The Bertz CT molecular complexity index is 316. The summed E-state index contributed by atoms with van der Waals surface area (Å²) < 4.78 is 5.77. The number of rotatable bonds is 3. The van der Waals surface area contributed by atoms with E-state index in [1.807, 2.05) is 0 Å². The highest BCUT2D eigenvalue weighted by Crippen LogP contribution is 2.31. The molecule has 122 valence electrons. The lowest BCUT2D eigenvalue weighted by molar-refractivity contribution is -0.0423. The summed E-state index contributed by atoms with van der Waals surface area (Å²) in [5, 5.41) is 3.90. The van der Waals surface area contributed by atoms with Crippen molar-refractivity contribution in [2.24, 2.45) is 5.92 Å². The molecule has 4 unspecified atom stereocenters. The molecule has 2 saturated heterocycles. The van der Waals surface area contributed by atoms with Gasteiger partial charge >= 0.3 is 0 Å². The molecule has 0 bridgehead atoms. The third-order valence-electron chi connectivity index (χ3n) is 6.11. The standard InChI is InChI=1S/C18H34N2O/c1-3-16-12-19-18(15-7-5-4-6-8-15)13-20(16)17-9-10-21-14(2)11-17/h14-19H,3-13H2,1-2H3. The van der Waals surface area contributed by atoms with Crippen molar-refractivity contribution >= 4 is 0 Å². The lowest BCUT2D eigenvalue weighted by Crippen LogP contribution is -2.62. The Balaban J connectivity index is 1.63. The zero-order valence-electron chi connectivity index (χ0n) is 14.0. The van der Waals surface area contributed by atoms with Gasteiger partial charge in [0, 0.05) is 37.8 Å². The highest BCUT2D eigenvalue weighted by atomic mass is 16.5. The van der Waals surface area contributed by atoms with Crippen LogP contribution in [0.15, 0.2) is 0 Å². The molecule has 2 heterocycles. The SMILES string of the molecule is CCC1CNC(C2CCCCC2)CN1C1CCOC(C)C1. The van der Waals surface area contributed by atoms with Gasteiger partial charge in [0.25, 0.3) is 0 Å². The predicted molar refractivity (Wildman–Crippen MR) is 87.6 cm³/mol. The number of nitrogens with one attached hydrogen (secondary N) is 1. The molecule has 3 aliphatic rings. The first-order valence-electron chi connectivity index (χ1n) is 9.38. The average molecular weight is 294 g/mol. The monoisotopic (exact) mass is 294 g/mol. The topological polar surface area (TPSA) is 24.5 Å². The van der Waals surface area contributed by atoms with Crippen LogP contribution in [0.5, 0.6) is 0 Å². The zero-order valence-corrected chi connectivity index (χ0v) is 14.0. The van der Waals surface area contributed by atoms with Crippen LogP contribution in [-0.2, 0) is 4.74 Å². The Morgan fingerprint density at radius 3 is 2.67 bits per heavy atom. The van der Waals surface area contributed by atoms with E-state index >= 15 is 0 Å². The van der Waals surface area contributed by atoms with Crippen molar-refractivity contribution in [3.05, 3.63) is 0 Å². The number of hydrogen-bond acceptors (Lipinski definition) is 3. The van der Waals surface area contributed by atoms with E-state index in [0.717, 1.165) is 30.7 Å². The van der Waals surface area contributed by atoms with Gasteiger partial charge in [0.05, 0.1) is 6.10 Å². The fraction of sp³-hybridized carbons (Fsp3) is 1.00. The van der Waals surface area contributed by atoms with E-state index in [4.69, 9.17) is 4.74 Å². The van der Waals surface area contributed by atoms with E-state index in [1.54, 1.807) is 0 Å². The summed E-state index contributed by atoms with van der Waals surface area (Å²) in [5.74, 6) is 0.927. The van der Waals surface area contributed by atoms with Gasteiger partial charge in [-0.25, -0.2) is 0 Å². The van der Waals surface area contributed by atoms with Crippen molar-refractivity contribution in [2.75, 3.05) is 19.7 Å². The van der Waals surface area contributed by atoms with Crippen LogP contribution in [0.1, 0.15) is 65.2 Å². The quantitative estimate of drug-likeness (QED) is 0.865. The molecule has 0 aromatic rings. The van der Waals surface area contributed by atoms with Crippen molar-refractivity contribution in [2.45, 2.75) is 89.4 Å². The minimum atomic E-state index is 0.448. The molecule has 4 atom stereocenters. The summed E-state index contributed by atoms with van der Waals surface area (Å²) in [7, 11) is 0. The first-order chi connectivity index (χ1) is 10.3. The summed E-state index contributed by atoms with van der Waals surface area (Å²) in [6.45, 7) is 8.03. The molecule has 0 aromatic carbocycles. The lowest BCUT2D eigenvalue weighted by atomic mass is 9.82. The molecule has 3 heteroatoms. The number of piperazine rings is 1. The number of hydrogen-bond donors (Lipinski definition) is 1. The van der Waals surface area contributed by atoms with Crippen molar-refractivity contribution in [3.8, 4) is 0 Å². The third kappa shape index (κ3) is 3.80. The van der Waals surface area contributed by atoms with Crippen molar-refractivity contribution < 1.29 is 4.74 Å². The highest BCUT2D eigenvalue weighted by Gasteiger charge is 2.36. The van der Waals surface area contributed by atoms with Crippen molar-refractivity contribution in [3.63, 3.8) is 0 Å². The van der Waals surface area contributed by atoms with E-state index in [2.05, 4.69) is 24.1 Å². The fourth-order valence-electron chi connectivity index (χ4n) is 4.80. The Hall–Kier alpha value is -0.120. The van der Waals surface area contributed by atoms with Crippen LogP contribution in [-0.4, -0.2) is 48.8 Å². The van der Waals surface area contributed by atoms with Gasteiger partial charge in [-0.1, -0.05) is 26.2 Å². The molecule has 0 aromatic heterocycles. The Kier molecular flexibility index (Phi) is 5.58. The molecule has 1 saturated carbocycles. The maximum Gasteiger partial charge on any atom is 0.0561 e. The number of nitrogens with zero attached hydrogens (tertiary/aromatic N) is 1. The Morgan fingerprint density at radius 2 is 1.95 bits per heavy atom. The van der Waals surface area contributed by atoms with Crippen molar-refractivity contribution in [1.29, 1.82) is 0 Å². The first kappa shape index (κ1) is 15.8. The second-order valence-electron chi connectivity index (χ2n) is 7.53. The molecular weight excluding hydrogens is 260 g/mol. The van der Waals surface area contributed by atoms with Gasteiger partial charge in [0.1, 0.15) is 0 Å². The van der Waals surface area contributed by atoms with Gasteiger partial charge in [0.2, 0.25) is 0 Å². The van der Waals surface area contributed by atoms with Crippen LogP contribution in [0.25, 0.3) is 0 Å². The van der Waals surface area contributed by atoms with Crippen molar-refractivity contribution in [1.82, 2.24) is 10.2 Å². The molecule has 1 aliphatic carbocycles. The molecule has 1 N–H and O–H groups in total. The summed E-state index contributed by atoms with van der Waals surface area (Å²) in [6, 6.07) is 2.23. The zero-order chi connectivity index (χ0) is 14.7. The van der Waals surface area contributed by atoms with Crippen LogP contribution in [0.3, 0.4) is 0 Å². The maximum atomic E-state index is 5.77.